The lowest BCUT2D eigenvalue weighted by atomic mass is 10.0. The van der Waals surface area contributed by atoms with Gasteiger partial charge in [0.25, 0.3) is 0 Å². The topological polar surface area (TPSA) is 66.4 Å². The molecule has 0 aliphatic carbocycles. The van der Waals surface area contributed by atoms with Crippen LogP contribution in [0.1, 0.15) is 27.2 Å². The molecular weight excluding hydrogens is 354 g/mol. The van der Waals surface area contributed by atoms with Gasteiger partial charge >= 0.3 is 6.01 Å². The Morgan fingerprint density at radius 1 is 0.643 bits per heavy atom. The van der Waals surface area contributed by atoms with Crippen LogP contribution in [-0.4, -0.2) is 35.0 Å². The highest BCUT2D eigenvalue weighted by Gasteiger charge is 2.15. The van der Waals surface area contributed by atoms with E-state index in [0.717, 1.165) is 29.0 Å². The molecule has 1 heterocycles. The van der Waals surface area contributed by atoms with Crippen molar-refractivity contribution in [3.8, 4) is 40.0 Å². The molecule has 0 saturated carbocycles. The average Bonchev–Trinajstić information content (AvgIpc) is 2.74. The maximum Gasteiger partial charge on any atom is 0.336 e. The Kier molecular flexibility index (Phi) is 6.78. The summed E-state index contributed by atoms with van der Waals surface area (Å²) in [5.74, 6) is 1.64. The monoisotopic (exact) mass is 379 g/mol. The van der Waals surface area contributed by atoms with Crippen LogP contribution in [0.15, 0.2) is 48.5 Å². The summed E-state index contributed by atoms with van der Waals surface area (Å²) in [7, 11) is 0. The fourth-order valence-corrected chi connectivity index (χ4v) is 2.71. The number of rotatable bonds is 9. The number of hydrogen-bond donors (Lipinski definition) is 0. The molecule has 0 aliphatic rings. The lowest BCUT2D eigenvalue weighted by Gasteiger charge is -2.11. The van der Waals surface area contributed by atoms with Crippen LogP contribution < -0.4 is 14.2 Å². The van der Waals surface area contributed by atoms with Crippen LogP contribution in [0, 0.1) is 0 Å². The molecule has 0 aliphatic heterocycles. The highest BCUT2D eigenvalue weighted by atomic mass is 16.5. The first kappa shape index (κ1) is 19.6. The summed E-state index contributed by atoms with van der Waals surface area (Å²) in [6.07, 6.45) is 0.877. The summed E-state index contributed by atoms with van der Waals surface area (Å²) >= 11 is 0. The first-order valence-electron chi connectivity index (χ1n) is 9.59. The summed E-state index contributed by atoms with van der Waals surface area (Å²) in [6.45, 7) is 7.76. The first-order valence-corrected chi connectivity index (χ1v) is 9.59. The van der Waals surface area contributed by atoms with Crippen molar-refractivity contribution in [3.05, 3.63) is 48.5 Å². The summed E-state index contributed by atoms with van der Waals surface area (Å²) in [4.78, 5) is 4.62. The van der Waals surface area contributed by atoms with E-state index in [4.69, 9.17) is 14.2 Å². The molecule has 0 radical (unpaired) electrons. The van der Waals surface area contributed by atoms with Crippen molar-refractivity contribution in [1.82, 2.24) is 15.2 Å². The summed E-state index contributed by atoms with van der Waals surface area (Å²) in [5, 5.41) is 8.55. The van der Waals surface area contributed by atoms with Gasteiger partial charge in [-0.3, -0.25) is 0 Å². The van der Waals surface area contributed by atoms with Gasteiger partial charge in [-0.1, -0.05) is 12.0 Å². The Balaban J connectivity index is 2.00. The minimum Gasteiger partial charge on any atom is -0.494 e. The zero-order valence-electron chi connectivity index (χ0n) is 16.5. The lowest BCUT2D eigenvalue weighted by Crippen LogP contribution is -2.04. The molecule has 3 rings (SSSR count). The minimum atomic E-state index is 0.278. The zero-order valence-corrected chi connectivity index (χ0v) is 16.5. The second kappa shape index (κ2) is 9.69. The second-order valence-electron chi connectivity index (χ2n) is 6.05. The predicted octanol–water partition coefficient (Wildman–Crippen LogP) is 4.79. The highest BCUT2D eigenvalue weighted by Crippen LogP contribution is 2.31. The van der Waals surface area contributed by atoms with Crippen LogP contribution in [0.4, 0.5) is 0 Å². The maximum atomic E-state index is 5.59. The highest BCUT2D eigenvalue weighted by molar-refractivity contribution is 5.78. The molecule has 6 nitrogen and oxygen atoms in total. The smallest absolute Gasteiger partial charge is 0.336 e. The van der Waals surface area contributed by atoms with Crippen molar-refractivity contribution in [3.63, 3.8) is 0 Å². The van der Waals surface area contributed by atoms with Crippen LogP contribution in [0.2, 0.25) is 0 Å². The van der Waals surface area contributed by atoms with Gasteiger partial charge < -0.3 is 14.2 Å². The van der Waals surface area contributed by atoms with E-state index in [1.807, 2.05) is 69.3 Å². The van der Waals surface area contributed by atoms with Crippen LogP contribution in [0.3, 0.4) is 0 Å². The van der Waals surface area contributed by atoms with Crippen molar-refractivity contribution in [2.24, 2.45) is 0 Å². The van der Waals surface area contributed by atoms with Crippen molar-refractivity contribution in [1.29, 1.82) is 0 Å². The molecule has 3 aromatic rings. The van der Waals surface area contributed by atoms with E-state index >= 15 is 0 Å². The van der Waals surface area contributed by atoms with Gasteiger partial charge in [0.15, 0.2) is 0 Å². The Hall–Kier alpha value is -3.15. The Labute approximate surface area is 165 Å². The van der Waals surface area contributed by atoms with Gasteiger partial charge in [-0.05, 0) is 68.8 Å². The third-order valence-electron chi connectivity index (χ3n) is 3.98. The molecule has 6 heteroatoms. The normalized spacial score (nSPS) is 10.5. The quantitative estimate of drug-likeness (QED) is 0.532. The Morgan fingerprint density at radius 3 is 1.68 bits per heavy atom. The molecule has 0 fully saturated rings. The molecule has 28 heavy (non-hydrogen) atoms. The number of benzene rings is 2. The lowest BCUT2D eigenvalue weighted by molar-refractivity contribution is 0.288. The fourth-order valence-electron chi connectivity index (χ4n) is 2.71. The minimum absolute atomic E-state index is 0.278. The van der Waals surface area contributed by atoms with Crippen LogP contribution in [0.25, 0.3) is 22.5 Å². The van der Waals surface area contributed by atoms with Gasteiger partial charge in [-0.25, -0.2) is 0 Å². The largest absolute Gasteiger partial charge is 0.494 e. The third kappa shape index (κ3) is 4.76. The van der Waals surface area contributed by atoms with Gasteiger partial charge in [0.1, 0.15) is 22.9 Å². The van der Waals surface area contributed by atoms with Crippen molar-refractivity contribution in [2.75, 3.05) is 19.8 Å². The Morgan fingerprint density at radius 2 is 1.18 bits per heavy atom. The van der Waals surface area contributed by atoms with Crippen LogP contribution in [0.5, 0.6) is 17.5 Å². The van der Waals surface area contributed by atoms with Gasteiger partial charge in [-0.15, -0.1) is 5.10 Å². The summed E-state index contributed by atoms with van der Waals surface area (Å²) in [5.41, 5.74) is 3.24. The molecule has 0 bridgehead atoms. The average molecular weight is 379 g/mol. The molecule has 2 aromatic carbocycles. The molecule has 0 atom stereocenters. The molecule has 0 saturated heterocycles. The van der Waals surface area contributed by atoms with Crippen LogP contribution >= 0.6 is 0 Å². The number of hydrogen-bond acceptors (Lipinski definition) is 6. The van der Waals surface area contributed by atoms with E-state index in [1.165, 1.54) is 0 Å². The molecule has 0 spiro atoms. The number of nitrogens with zero attached hydrogens (tertiary/aromatic N) is 3. The van der Waals surface area contributed by atoms with Gasteiger partial charge in [0, 0.05) is 11.1 Å². The maximum absolute atomic E-state index is 5.59. The van der Waals surface area contributed by atoms with E-state index in [-0.39, 0.29) is 6.01 Å². The van der Waals surface area contributed by atoms with Gasteiger partial charge in [0.05, 0.1) is 19.8 Å². The van der Waals surface area contributed by atoms with E-state index in [2.05, 4.69) is 15.2 Å². The third-order valence-corrected chi connectivity index (χ3v) is 3.98. The molecule has 0 N–H and O–H groups in total. The van der Waals surface area contributed by atoms with Gasteiger partial charge in [0.2, 0.25) is 0 Å². The standard InChI is InChI=1S/C22H25N3O3/c1-4-15-28-22-23-20(16-7-11-18(12-8-16)26-5-2)21(24-25-22)17-9-13-19(14-10-17)27-6-3/h7-14H,4-6,15H2,1-3H3. The summed E-state index contributed by atoms with van der Waals surface area (Å²) < 4.78 is 16.7. The SMILES string of the molecule is CCCOc1nnc(-c2ccc(OCC)cc2)c(-c2ccc(OCC)cc2)n1. The molecule has 146 valence electrons. The van der Waals surface area contributed by atoms with Crippen molar-refractivity contribution < 1.29 is 14.2 Å². The predicted molar refractivity (Wildman–Crippen MR) is 109 cm³/mol. The van der Waals surface area contributed by atoms with E-state index in [9.17, 15) is 0 Å². The van der Waals surface area contributed by atoms with E-state index in [1.54, 1.807) is 0 Å². The molecule has 1 aromatic heterocycles. The number of aromatic nitrogens is 3. The van der Waals surface area contributed by atoms with Crippen molar-refractivity contribution in [2.45, 2.75) is 27.2 Å². The Bertz CT molecular complexity index is 881. The molecular formula is C22H25N3O3. The second-order valence-corrected chi connectivity index (χ2v) is 6.05. The van der Waals surface area contributed by atoms with Gasteiger partial charge in [-0.2, -0.15) is 4.98 Å². The van der Waals surface area contributed by atoms with Crippen molar-refractivity contribution >= 4 is 0 Å². The molecule has 0 unspecified atom stereocenters. The van der Waals surface area contributed by atoms with E-state index < -0.39 is 0 Å². The van der Waals surface area contributed by atoms with E-state index in [0.29, 0.717) is 31.2 Å². The fraction of sp³-hybridized carbons (Fsp3) is 0.318. The molecule has 0 amide bonds. The first-order chi connectivity index (χ1) is 13.7. The summed E-state index contributed by atoms with van der Waals surface area (Å²) in [6, 6.07) is 15.8. The number of ether oxygens (including phenoxy) is 3. The van der Waals surface area contributed by atoms with Crippen LogP contribution in [-0.2, 0) is 0 Å². The zero-order chi connectivity index (χ0) is 19.8.